The minimum atomic E-state index is 0.0898. The molecule has 3 nitrogen and oxygen atoms in total. The van der Waals surface area contributed by atoms with Gasteiger partial charge in [-0.1, -0.05) is 24.3 Å². The van der Waals surface area contributed by atoms with Gasteiger partial charge in [0, 0.05) is 23.6 Å². The summed E-state index contributed by atoms with van der Waals surface area (Å²) in [5, 5.41) is 10.2. The van der Waals surface area contributed by atoms with Gasteiger partial charge in [-0.05, 0) is 35.4 Å². The molecular weight excluding hydrogens is 250 g/mol. The van der Waals surface area contributed by atoms with Gasteiger partial charge in [-0.3, -0.25) is 0 Å². The van der Waals surface area contributed by atoms with E-state index in [4.69, 9.17) is 9.84 Å². The topological polar surface area (TPSA) is 34.4 Å². The molecule has 0 spiro atoms. The monoisotopic (exact) mass is 267 g/mol. The first kappa shape index (κ1) is 12.8. The lowest BCUT2D eigenvalue weighted by molar-refractivity contribution is 0.282. The van der Waals surface area contributed by atoms with E-state index in [0.717, 1.165) is 17.9 Å². The summed E-state index contributed by atoms with van der Waals surface area (Å²) >= 11 is 0. The molecule has 0 bridgehead atoms. The molecule has 0 aliphatic heterocycles. The molecule has 102 valence electrons. The van der Waals surface area contributed by atoms with Crippen LogP contribution in [0.15, 0.2) is 54.7 Å². The molecule has 0 fully saturated rings. The molecule has 0 unspecified atom stereocenters. The molecule has 0 amide bonds. The number of fused-ring (bicyclic) bond motifs is 1. The zero-order valence-corrected chi connectivity index (χ0v) is 11.4. The Morgan fingerprint density at radius 2 is 1.75 bits per heavy atom. The van der Waals surface area contributed by atoms with Gasteiger partial charge < -0.3 is 14.4 Å². The smallest absolute Gasteiger partial charge is 0.119 e. The third-order valence-corrected chi connectivity index (χ3v) is 3.54. The molecule has 0 saturated carbocycles. The number of ether oxygens (including phenoxy) is 1. The third-order valence-electron chi connectivity index (χ3n) is 3.54. The van der Waals surface area contributed by atoms with Crippen LogP contribution in [0, 0.1) is 0 Å². The number of hydrogen-bond acceptors (Lipinski definition) is 2. The second-order valence-corrected chi connectivity index (χ2v) is 4.84. The molecule has 0 saturated heterocycles. The summed E-state index contributed by atoms with van der Waals surface area (Å²) in [6.45, 7) is 0.911. The number of nitrogens with zero attached hydrogens (tertiary/aromatic N) is 1. The van der Waals surface area contributed by atoms with Crippen LogP contribution in [-0.2, 0) is 13.2 Å². The number of aromatic nitrogens is 1. The van der Waals surface area contributed by atoms with Crippen molar-refractivity contribution in [2.24, 2.45) is 0 Å². The van der Waals surface area contributed by atoms with Crippen molar-refractivity contribution < 1.29 is 9.84 Å². The van der Waals surface area contributed by atoms with Crippen LogP contribution in [0.25, 0.3) is 10.9 Å². The molecule has 1 aromatic heterocycles. The Morgan fingerprint density at radius 1 is 1.00 bits per heavy atom. The van der Waals surface area contributed by atoms with Crippen LogP contribution in [0.5, 0.6) is 5.75 Å². The van der Waals surface area contributed by atoms with Crippen LogP contribution in [0.2, 0.25) is 0 Å². The average molecular weight is 267 g/mol. The molecule has 0 aliphatic rings. The van der Waals surface area contributed by atoms with Gasteiger partial charge in [-0.15, -0.1) is 0 Å². The highest BCUT2D eigenvalue weighted by Crippen LogP contribution is 2.22. The van der Waals surface area contributed by atoms with Gasteiger partial charge >= 0.3 is 0 Å². The van der Waals surface area contributed by atoms with E-state index in [9.17, 15) is 0 Å². The Balaban J connectivity index is 1.90. The summed E-state index contributed by atoms with van der Waals surface area (Å²) in [5.74, 6) is 0.877. The first-order valence-electron chi connectivity index (χ1n) is 6.62. The summed E-state index contributed by atoms with van der Waals surface area (Å²) in [4.78, 5) is 0. The molecule has 2 aromatic carbocycles. The van der Waals surface area contributed by atoms with Gasteiger partial charge in [0.1, 0.15) is 5.75 Å². The van der Waals surface area contributed by atoms with Crippen LogP contribution in [0.1, 0.15) is 11.1 Å². The zero-order chi connectivity index (χ0) is 13.9. The van der Waals surface area contributed by atoms with E-state index < -0.39 is 0 Å². The van der Waals surface area contributed by atoms with Gasteiger partial charge in [-0.25, -0.2) is 0 Å². The van der Waals surface area contributed by atoms with Crippen molar-refractivity contribution in [1.82, 2.24) is 4.57 Å². The molecule has 3 aromatic rings. The standard InChI is InChI=1S/C17H17NO2/c1-20-16-6-7-17-15(10-16)8-9-18(17)11-13-2-4-14(12-19)5-3-13/h2-10,19H,11-12H2,1H3. The second-order valence-electron chi connectivity index (χ2n) is 4.84. The van der Waals surface area contributed by atoms with E-state index in [2.05, 4.69) is 35.0 Å². The predicted molar refractivity (Wildman–Crippen MR) is 80.0 cm³/mol. The average Bonchev–Trinajstić information content (AvgIpc) is 2.90. The van der Waals surface area contributed by atoms with Crippen LogP contribution in [-0.4, -0.2) is 16.8 Å². The highest BCUT2D eigenvalue weighted by atomic mass is 16.5. The predicted octanol–water partition coefficient (Wildman–Crippen LogP) is 3.19. The third kappa shape index (κ3) is 2.40. The molecule has 20 heavy (non-hydrogen) atoms. The Hall–Kier alpha value is -2.26. The lowest BCUT2D eigenvalue weighted by Crippen LogP contribution is -1.98. The molecule has 1 heterocycles. The molecule has 0 aliphatic carbocycles. The number of rotatable bonds is 4. The van der Waals surface area contributed by atoms with Crippen molar-refractivity contribution >= 4 is 10.9 Å². The SMILES string of the molecule is COc1ccc2c(ccn2Cc2ccc(CO)cc2)c1. The first-order chi connectivity index (χ1) is 9.80. The lowest BCUT2D eigenvalue weighted by Gasteiger charge is -2.07. The Labute approximate surface area is 118 Å². The van der Waals surface area contributed by atoms with Crippen LogP contribution in [0.3, 0.4) is 0 Å². The fourth-order valence-corrected chi connectivity index (χ4v) is 2.39. The summed E-state index contributed by atoms with van der Waals surface area (Å²) in [5.41, 5.74) is 3.35. The summed E-state index contributed by atoms with van der Waals surface area (Å²) in [6, 6.07) is 16.2. The quantitative estimate of drug-likeness (QED) is 0.787. The van der Waals surface area contributed by atoms with E-state index in [1.807, 2.05) is 24.3 Å². The second kappa shape index (κ2) is 5.39. The number of benzene rings is 2. The maximum atomic E-state index is 9.06. The van der Waals surface area contributed by atoms with E-state index in [0.29, 0.717) is 0 Å². The number of methoxy groups -OCH3 is 1. The number of aliphatic hydroxyl groups excluding tert-OH is 1. The Bertz CT molecular complexity index is 713. The number of hydrogen-bond donors (Lipinski definition) is 1. The van der Waals surface area contributed by atoms with Crippen molar-refractivity contribution in [2.45, 2.75) is 13.2 Å². The fourth-order valence-electron chi connectivity index (χ4n) is 2.39. The molecule has 3 rings (SSSR count). The fraction of sp³-hybridized carbons (Fsp3) is 0.176. The van der Waals surface area contributed by atoms with E-state index >= 15 is 0 Å². The highest BCUT2D eigenvalue weighted by molar-refractivity contribution is 5.81. The lowest BCUT2D eigenvalue weighted by atomic mass is 10.1. The summed E-state index contributed by atoms with van der Waals surface area (Å²) in [7, 11) is 1.68. The highest BCUT2D eigenvalue weighted by Gasteiger charge is 2.03. The molecule has 1 N–H and O–H groups in total. The first-order valence-corrected chi connectivity index (χ1v) is 6.62. The minimum Gasteiger partial charge on any atom is -0.497 e. The van der Waals surface area contributed by atoms with Crippen molar-refractivity contribution in [3.8, 4) is 5.75 Å². The van der Waals surface area contributed by atoms with Gasteiger partial charge in [0.05, 0.1) is 13.7 Å². The molecule has 0 atom stereocenters. The molecule has 0 radical (unpaired) electrons. The number of aliphatic hydroxyl groups is 1. The van der Waals surface area contributed by atoms with Crippen LogP contribution in [0.4, 0.5) is 0 Å². The van der Waals surface area contributed by atoms with Crippen molar-refractivity contribution in [3.63, 3.8) is 0 Å². The zero-order valence-electron chi connectivity index (χ0n) is 11.4. The van der Waals surface area contributed by atoms with E-state index in [-0.39, 0.29) is 6.61 Å². The van der Waals surface area contributed by atoms with Crippen molar-refractivity contribution in [1.29, 1.82) is 0 Å². The van der Waals surface area contributed by atoms with Gasteiger partial charge in [0.25, 0.3) is 0 Å². The van der Waals surface area contributed by atoms with Gasteiger partial charge in [0.15, 0.2) is 0 Å². The van der Waals surface area contributed by atoms with Crippen molar-refractivity contribution in [3.05, 3.63) is 65.9 Å². The summed E-state index contributed by atoms with van der Waals surface area (Å²) in [6.07, 6.45) is 2.09. The Morgan fingerprint density at radius 3 is 2.45 bits per heavy atom. The normalized spacial score (nSPS) is 10.9. The van der Waals surface area contributed by atoms with E-state index in [1.54, 1.807) is 7.11 Å². The minimum absolute atomic E-state index is 0.0898. The van der Waals surface area contributed by atoms with Crippen LogP contribution >= 0.6 is 0 Å². The van der Waals surface area contributed by atoms with Crippen LogP contribution < -0.4 is 4.74 Å². The summed E-state index contributed by atoms with van der Waals surface area (Å²) < 4.78 is 7.45. The largest absolute Gasteiger partial charge is 0.497 e. The maximum absolute atomic E-state index is 9.06. The van der Waals surface area contributed by atoms with Gasteiger partial charge in [0.2, 0.25) is 0 Å². The molecule has 3 heteroatoms. The van der Waals surface area contributed by atoms with E-state index in [1.165, 1.54) is 16.5 Å². The van der Waals surface area contributed by atoms with Crippen molar-refractivity contribution in [2.75, 3.05) is 7.11 Å². The molecular formula is C17H17NO2. The van der Waals surface area contributed by atoms with Gasteiger partial charge in [-0.2, -0.15) is 0 Å². The Kier molecular flexibility index (Phi) is 3.44. The maximum Gasteiger partial charge on any atom is 0.119 e.